The molecule has 0 fully saturated rings. The molecule has 0 radical (unpaired) electrons. The average molecular weight is 433 g/mol. The standard InChI is InChI=1S/C18H23N7O6/c1-7-12(15(27)22-24-17(19)29)14(9-4-5-10(26)11(6-9)31-3)13(8(2)21-7)16(28)23-25-18(20)30/h4-6,14,21,26H,1-3H3,(H,22,27)(H,23,28)(H3,19,24,29)(H3,20,25,30). The van der Waals surface area contributed by atoms with Gasteiger partial charge in [0.2, 0.25) is 0 Å². The Morgan fingerprint density at radius 2 is 1.42 bits per heavy atom. The number of rotatable bonds is 4. The number of benzene rings is 1. The number of carbonyl (C=O) groups excluding carboxylic acids is 4. The molecule has 6 amide bonds. The van der Waals surface area contributed by atoms with E-state index >= 15 is 0 Å². The highest BCUT2D eigenvalue weighted by atomic mass is 16.5. The van der Waals surface area contributed by atoms with Crippen molar-refractivity contribution in [3.63, 3.8) is 0 Å². The van der Waals surface area contributed by atoms with Crippen molar-refractivity contribution in [1.29, 1.82) is 0 Å². The van der Waals surface area contributed by atoms with E-state index in [0.717, 1.165) is 0 Å². The van der Waals surface area contributed by atoms with Gasteiger partial charge in [0.15, 0.2) is 11.5 Å². The first-order valence-electron chi connectivity index (χ1n) is 8.83. The van der Waals surface area contributed by atoms with E-state index in [1.54, 1.807) is 13.8 Å². The summed E-state index contributed by atoms with van der Waals surface area (Å²) in [5.74, 6) is -2.52. The summed E-state index contributed by atoms with van der Waals surface area (Å²) in [6.45, 7) is 3.20. The first-order chi connectivity index (χ1) is 14.6. The van der Waals surface area contributed by atoms with Crippen molar-refractivity contribution in [2.24, 2.45) is 11.5 Å². The highest BCUT2D eigenvalue weighted by Crippen LogP contribution is 2.40. The monoisotopic (exact) mass is 433 g/mol. The minimum Gasteiger partial charge on any atom is -0.504 e. The van der Waals surface area contributed by atoms with Crippen molar-refractivity contribution >= 4 is 23.9 Å². The Morgan fingerprint density at radius 1 is 0.935 bits per heavy atom. The van der Waals surface area contributed by atoms with Crippen LogP contribution in [-0.4, -0.2) is 36.1 Å². The molecule has 13 nitrogen and oxygen atoms in total. The predicted molar refractivity (Wildman–Crippen MR) is 108 cm³/mol. The first-order valence-corrected chi connectivity index (χ1v) is 8.83. The van der Waals surface area contributed by atoms with Crippen molar-refractivity contribution in [3.8, 4) is 11.5 Å². The normalized spacial score (nSPS) is 13.8. The fourth-order valence-corrected chi connectivity index (χ4v) is 3.17. The second-order valence-electron chi connectivity index (χ2n) is 6.45. The highest BCUT2D eigenvalue weighted by Gasteiger charge is 2.37. The highest BCUT2D eigenvalue weighted by molar-refractivity contribution is 6.04. The molecule has 0 bridgehead atoms. The van der Waals surface area contributed by atoms with Crippen LogP contribution in [-0.2, 0) is 9.59 Å². The maximum Gasteiger partial charge on any atom is 0.330 e. The number of ether oxygens (including phenoxy) is 1. The van der Waals surface area contributed by atoms with Crippen LogP contribution in [0.3, 0.4) is 0 Å². The van der Waals surface area contributed by atoms with Gasteiger partial charge in [-0.25, -0.2) is 20.4 Å². The van der Waals surface area contributed by atoms with Gasteiger partial charge >= 0.3 is 12.1 Å². The summed E-state index contributed by atoms with van der Waals surface area (Å²) in [5, 5.41) is 12.9. The van der Waals surface area contributed by atoms with E-state index in [9.17, 15) is 24.3 Å². The molecule has 0 atom stereocenters. The van der Waals surface area contributed by atoms with Gasteiger partial charge < -0.3 is 26.6 Å². The van der Waals surface area contributed by atoms with Crippen LogP contribution in [0, 0.1) is 0 Å². The van der Waals surface area contributed by atoms with Crippen molar-refractivity contribution in [1.82, 2.24) is 27.0 Å². The van der Waals surface area contributed by atoms with Crippen LogP contribution >= 0.6 is 0 Å². The Bertz CT molecular complexity index is 949. The van der Waals surface area contributed by atoms with Crippen LogP contribution in [0.1, 0.15) is 25.3 Å². The third-order valence-corrected chi connectivity index (χ3v) is 4.39. The van der Waals surface area contributed by atoms with Crippen LogP contribution in [0.2, 0.25) is 0 Å². The zero-order valence-corrected chi connectivity index (χ0v) is 17.0. The molecule has 1 aromatic carbocycles. The lowest BCUT2D eigenvalue weighted by molar-refractivity contribution is -0.119. The van der Waals surface area contributed by atoms with Gasteiger partial charge in [-0.3, -0.25) is 20.4 Å². The minimum atomic E-state index is -0.992. The van der Waals surface area contributed by atoms with Crippen molar-refractivity contribution in [3.05, 3.63) is 46.3 Å². The minimum absolute atomic E-state index is 0.0660. The second-order valence-corrected chi connectivity index (χ2v) is 6.45. The van der Waals surface area contributed by atoms with Gasteiger partial charge in [-0.05, 0) is 31.5 Å². The van der Waals surface area contributed by atoms with Gasteiger partial charge in [-0.1, -0.05) is 6.07 Å². The van der Waals surface area contributed by atoms with E-state index in [2.05, 4.69) is 16.2 Å². The van der Waals surface area contributed by atoms with Gasteiger partial charge in [0.1, 0.15) is 0 Å². The van der Waals surface area contributed by atoms with Gasteiger partial charge in [0.25, 0.3) is 11.8 Å². The maximum atomic E-state index is 12.9. The number of amides is 6. The van der Waals surface area contributed by atoms with Gasteiger partial charge in [0, 0.05) is 28.5 Å². The number of primary amides is 2. The number of hydrazine groups is 2. The molecule has 31 heavy (non-hydrogen) atoms. The molecule has 1 aromatic rings. The Hall–Kier alpha value is -4.42. The van der Waals surface area contributed by atoms with E-state index in [0.29, 0.717) is 17.0 Å². The summed E-state index contributed by atoms with van der Waals surface area (Å²) in [5.41, 5.74) is 19.6. The molecule has 13 heteroatoms. The number of nitrogens with one attached hydrogen (secondary N) is 5. The molecule has 0 saturated heterocycles. The van der Waals surface area contributed by atoms with Gasteiger partial charge in [0.05, 0.1) is 7.11 Å². The predicted octanol–water partition coefficient (Wildman–Crippen LogP) is -0.965. The van der Waals surface area contributed by atoms with E-state index < -0.39 is 29.8 Å². The van der Waals surface area contributed by atoms with Crippen LogP contribution in [0.5, 0.6) is 11.5 Å². The molecule has 0 saturated carbocycles. The summed E-state index contributed by atoms with van der Waals surface area (Å²) in [4.78, 5) is 47.7. The number of hydrogen-bond acceptors (Lipinski definition) is 7. The van der Waals surface area contributed by atoms with Crippen molar-refractivity contribution in [2.75, 3.05) is 7.11 Å². The van der Waals surface area contributed by atoms with Gasteiger partial charge in [-0.2, -0.15) is 0 Å². The quantitative estimate of drug-likeness (QED) is 0.278. The Balaban J connectivity index is 2.61. The lowest BCUT2D eigenvalue weighted by atomic mass is 9.79. The number of phenols is 1. The lowest BCUT2D eigenvalue weighted by Crippen LogP contribution is -2.49. The Kier molecular flexibility index (Phi) is 6.92. The summed E-state index contributed by atoms with van der Waals surface area (Å²) in [6, 6.07) is 2.31. The molecule has 10 N–H and O–H groups in total. The van der Waals surface area contributed by atoms with Crippen LogP contribution in [0.25, 0.3) is 0 Å². The SMILES string of the molecule is COc1cc(C2C(C(=O)NNC(N)=O)=C(C)NC(C)=C2C(=O)NNC(N)=O)ccc1O. The molecule has 1 aliphatic rings. The summed E-state index contributed by atoms with van der Waals surface area (Å²) < 4.78 is 5.13. The first kappa shape index (κ1) is 22.9. The van der Waals surface area contributed by atoms with Crippen molar-refractivity contribution < 1.29 is 29.0 Å². The van der Waals surface area contributed by atoms with E-state index in [1.807, 2.05) is 10.9 Å². The number of nitrogens with two attached hydrogens (primary N) is 2. The van der Waals surface area contributed by atoms with Gasteiger partial charge in [-0.15, -0.1) is 0 Å². The molecule has 166 valence electrons. The third kappa shape index (κ3) is 5.14. The zero-order valence-electron chi connectivity index (χ0n) is 17.0. The summed E-state index contributed by atoms with van der Waals surface area (Å²) in [6.07, 6.45) is 0. The van der Waals surface area contributed by atoms with Crippen LogP contribution < -0.4 is 43.2 Å². The lowest BCUT2D eigenvalue weighted by Gasteiger charge is -2.31. The molecular weight excluding hydrogens is 410 g/mol. The van der Waals surface area contributed by atoms with E-state index in [4.69, 9.17) is 16.2 Å². The van der Waals surface area contributed by atoms with Crippen molar-refractivity contribution in [2.45, 2.75) is 19.8 Å². The number of aromatic hydroxyl groups is 1. The van der Waals surface area contributed by atoms with Crippen LogP contribution in [0.15, 0.2) is 40.7 Å². The average Bonchev–Trinajstić information content (AvgIpc) is 2.70. The number of carbonyl (C=O) groups is 4. The summed E-state index contributed by atoms with van der Waals surface area (Å²) in [7, 11) is 1.35. The Labute approximate surface area is 176 Å². The molecular formula is C18H23N7O6. The number of methoxy groups -OCH3 is 1. The molecule has 0 spiro atoms. The second kappa shape index (κ2) is 9.39. The molecule has 0 aromatic heterocycles. The smallest absolute Gasteiger partial charge is 0.330 e. The molecule has 0 unspecified atom stereocenters. The fourth-order valence-electron chi connectivity index (χ4n) is 3.17. The summed E-state index contributed by atoms with van der Waals surface area (Å²) >= 11 is 0. The third-order valence-electron chi connectivity index (χ3n) is 4.39. The molecule has 1 heterocycles. The van der Waals surface area contributed by atoms with E-state index in [1.165, 1.54) is 25.3 Å². The zero-order chi connectivity index (χ0) is 23.3. The maximum absolute atomic E-state index is 12.9. The number of urea groups is 2. The van der Waals surface area contributed by atoms with E-state index in [-0.39, 0.29) is 22.6 Å². The number of allylic oxidation sites excluding steroid dienone is 2. The largest absolute Gasteiger partial charge is 0.504 e. The topological polar surface area (TPSA) is 210 Å². The fraction of sp³-hybridized carbons (Fsp3) is 0.222. The number of hydrogen-bond donors (Lipinski definition) is 8. The molecule has 1 aliphatic heterocycles. The number of phenolic OH excluding ortho intramolecular Hbond substituents is 1. The van der Waals surface area contributed by atoms with Crippen LogP contribution in [0.4, 0.5) is 9.59 Å². The molecule has 0 aliphatic carbocycles. The molecule has 2 rings (SSSR count). The Morgan fingerprint density at radius 3 is 1.84 bits per heavy atom. The number of dihydropyridines is 1.